The number of nitro benzene ring substituents is 1. The molecule has 1 aliphatic heterocycles. The number of carbonyl (C=O) groups excluding carboxylic acids is 1. The van der Waals surface area contributed by atoms with Gasteiger partial charge in [0, 0.05) is 23.3 Å². The number of nitrogens with one attached hydrogen (secondary N) is 1. The predicted octanol–water partition coefficient (Wildman–Crippen LogP) is 2.19. The molecule has 0 saturated carbocycles. The highest BCUT2D eigenvalue weighted by atomic mass is 32.2. The van der Waals surface area contributed by atoms with Crippen LogP contribution in [-0.4, -0.2) is 32.4 Å². The number of hydrogen-bond donors (Lipinski definition) is 1. The number of non-ortho nitro benzene ring substituents is 1. The van der Waals surface area contributed by atoms with E-state index in [1.54, 1.807) is 12.1 Å². The summed E-state index contributed by atoms with van der Waals surface area (Å²) in [5.74, 6) is -0.425. The molecule has 2 aromatic carbocycles. The van der Waals surface area contributed by atoms with Crippen molar-refractivity contribution in [1.29, 1.82) is 0 Å². The maximum Gasteiger partial charge on any atom is 0.340 e. The molecule has 1 heterocycles. The van der Waals surface area contributed by atoms with Crippen LogP contribution < -0.4 is 9.46 Å². The van der Waals surface area contributed by atoms with Crippen molar-refractivity contribution < 1.29 is 32.3 Å². The summed E-state index contributed by atoms with van der Waals surface area (Å²) >= 11 is 0. The van der Waals surface area contributed by atoms with E-state index in [-0.39, 0.29) is 36.9 Å². The van der Waals surface area contributed by atoms with Gasteiger partial charge in [-0.1, -0.05) is 12.1 Å². The van der Waals surface area contributed by atoms with Gasteiger partial charge < -0.3 is 14.2 Å². The van der Waals surface area contributed by atoms with E-state index in [9.17, 15) is 23.3 Å². The van der Waals surface area contributed by atoms with Gasteiger partial charge in [-0.05, 0) is 12.1 Å². The molecule has 1 N–H and O–H groups in total. The minimum atomic E-state index is -3.59. The summed E-state index contributed by atoms with van der Waals surface area (Å²) in [5.41, 5.74) is 0.690. The molecule has 0 aromatic heterocycles. The van der Waals surface area contributed by atoms with Crippen molar-refractivity contribution in [3.63, 3.8) is 0 Å². The average Bonchev–Trinajstić information content (AvgIpc) is 2.64. The lowest BCUT2D eigenvalue weighted by molar-refractivity contribution is -0.385. The Labute approximate surface area is 160 Å². The first kappa shape index (κ1) is 19.6. The van der Waals surface area contributed by atoms with Crippen molar-refractivity contribution >= 4 is 27.4 Å². The Morgan fingerprint density at radius 1 is 1.32 bits per heavy atom. The summed E-state index contributed by atoms with van der Waals surface area (Å²) in [6.07, 6.45) is 0.962. The second kappa shape index (κ2) is 7.82. The maximum atomic E-state index is 12.5. The second-order valence-electron chi connectivity index (χ2n) is 5.96. The first-order valence-corrected chi connectivity index (χ1v) is 9.88. The van der Waals surface area contributed by atoms with Gasteiger partial charge >= 0.3 is 5.97 Å². The molecular weight excluding hydrogens is 392 g/mol. The Morgan fingerprint density at radius 2 is 2.07 bits per heavy atom. The maximum absolute atomic E-state index is 12.5. The molecule has 0 amide bonds. The van der Waals surface area contributed by atoms with Crippen LogP contribution in [0.5, 0.6) is 5.75 Å². The molecule has 0 radical (unpaired) electrons. The van der Waals surface area contributed by atoms with Gasteiger partial charge in [0.25, 0.3) is 5.69 Å². The summed E-state index contributed by atoms with van der Waals surface area (Å²) in [4.78, 5) is 23.0. The molecule has 28 heavy (non-hydrogen) atoms. The topological polar surface area (TPSA) is 134 Å². The van der Waals surface area contributed by atoms with Crippen molar-refractivity contribution in [2.24, 2.45) is 0 Å². The van der Waals surface area contributed by atoms with E-state index in [0.717, 1.165) is 6.26 Å². The molecule has 1 aliphatic rings. The molecule has 3 rings (SSSR count). The van der Waals surface area contributed by atoms with Gasteiger partial charge in [-0.15, -0.1) is 0 Å². The number of carbonyl (C=O) groups is 1. The lowest BCUT2D eigenvalue weighted by Gasteiger charge is -2.20. The number of sulfonamides is 1. The number of rotatable bonds is 6. The Morgan fingerprint density at radius 3 is 2.79 bits per heavy atom. The van der Waals surface area contributed by atoms with Crippen LogP contribution in [0.4, 0.5) is 11.4 Å². The third kappa shape index (κ3) is 4.56. The molecule has 148 valence electrons. The molecule has 0 unspecified atom stereocenters. The van der Waals surface area contributed by atoms with Gasteiger partial charge in [-0.3, -0.25) is 14.8 Å². The first-order valence-electron chi connectivity index (χ1n) is 7.99. The van der Waals surface area contributed by atoms with E-state index in [0.29, 0.717) is 16.9 Å². The molecule has 0 bridgehead atoms. The zero-order valence-electron chi connectivity index (χ0n) is 14.7. The number of hydrogen-bond acceptors (Lipinski definition) is 8. The average molecular weight is 408 g/mol. The number of nitro groups is 1. The lowest BCUT2D eigenvalue weighted by atomic mass is 10.1. The fraction of sp³-hybridized carbons (Fsp3) is 0.235. The monoisotopic (exact) mass is 408 g/mol. The number of ether oxygens (including phenoxy) is 3. The van der Waals surface area contributed by atoms with Crippen LogP contribution in [0.25, 0.3) is 0 Å². The number of nitrogens with zero attached hydrogens (tertiary/aromatic N) is 1. The lowest BCUT2D eigenvalue weighted by Crippen LogP contribution is -2.16. The predicted molar refractivity (Wildman–Crippen MR) is 97.4 cm³/mol. The quantitative estimate of drug-likeness (QED) is 0.437. The number of anilines is 1. The van der Waals surface area contributed by atoms with Crippen LogP contribution in [-0.2, 0) is 32.7 Å². The Bertz CT molecular complexity index is 1040. The summed E-state index contributed by atoms with van der Waals surface area (Å²) in [5, 5.41) is 11.1. The van der Waals surface area contributed by atoms with Gasteiger partial charge in [-0.2, -0.15) is 0 Å². The molecule has 0 atom stereocenters. The standard InChI is InChI=1S/C17H16N2O8S/c1-28(23,24)18-15-5-3-2-4-14(15)17(20)26-9-12-7-13(19(21)22)6-11-8-25-10-27-16(11)12/h2-7,18H,8-10H2,1H3. The summed E-state index contributed by atoms with van der Waals surface area (Å²) < 4.78 is 40.9. The number of para-hydroxylation sites is 1. The van der Waals surface area contributed by atoms with E-state index in [1.165, 1.54) is 24.3 Å². The Kier molecular flexibility index (Phi) is 5.47. The highest BCUT2D eigenvalue weighted by molar-refractivity contribution is 7.92. The van der Waals surface area contributed by atoms with Gasteiger partial charge in [0.1, 0.15) is 12.4 Å². The molecule has 2 aromatic rings. The Hall–Kier alpha value is -3.18. The minimum absolute atomic E-state index is 0.0106. The van der Waals surface area contributed by atoms with E-state index in [1.807, 2.05) is 0 Å². The second-order valence-corrected chi connectivity index (χ2v) is 7.71. The van der Waals surface area contributed by atoms with Gasteiger partial charge in [0.2, 0.25) is 10.0 Å². The largest absolute Gasteiger partial charge is 0.467 e. The SMILES string of the molecule is CS(=O)(=O)Nc1ccccc1C(=O)OCc1cc([N+](=O)[O-])cc2c1OCOC2. The zero-order chi connectivity index (χ0) is 20.3. The van der Waals surface area contributed by atoms with E-state index < -0.39 is 20.9 Å². The van der Waals surface area contributed by atoms with Crippen molar-refractivity contribution in [1.82, 2.24) is 0 Å². The van der Waals surface area contributed by atoms with Crippen molar-refractivity contribution in [3.8, 4) is 5.75 Å². The summed E-state index contributed by atoms with van der Waals surface area (Å²) in [7, 11) is -3.59. The van der Waals surface area contributed by atoms with E-state index >= 15 is 0 Å². The van der Waals surface area contributed by atoms with Crippen LogP contribution in [0, 0.1) is 10.1 Å². The molecule has 0 aliphatic carbocycles. The fourth-order valence-electron chi connectivity index (χ4n) is 2.66. The first-order chi connectivity index (χ1) is 13.2. The Balaban J connectivity index is 1.84. The third-order valence-corrected chi connectivity index (χ3v) is 4.37. The summed E-state index contributed by atoms with van der Waals surface area (Å²) in [6.45, 7) is -0.179. The van der Waals surface area contributed by atoms with Crippen molar-refractivity contribution in [3.05, 3.63) is 63.2 Å². The molecular formula is C17H16N2O8S. The summed E-state index contributed by atoms with van der Waals surface area (Å²) in [6, 6.07) is 8.55. The zero-order valence-corrected chi connectivity index (χ0v) is 15.5. The number of esters is 1. The number of fused-ring (bicyclic) bond motifs is 1. The van der Waals surface area contributed by atoms with Gasteiger partial charge in [-0.25, -0.2) is 13.2 Å². The third-order valence-electron chi connectivity index (χ3n) is 3.78. The van der Waals surface area contributed by atoms with E-state index in [4.69, 9.17) is 14.2 Å². The van der Waals surface area contributed by atoms with Crippen molar-refractivity contribution in [2.75, 3.05) is 17.8 Å². The molecule has 0 fully saturated rings. The normalized spacial score (nSPS) is 13.2. The molecule has 10 nitrogen and oxygen atoms in total. The minimum Gasteiger partial charge on any atom is -0.467 e. The van der Waals surface area contributed by atoms with Crippen LogP contribution in [0.1, 0.15) is 21.5 Å². The van der Waals surface area contributed by atoms with Crippen LogP contribution in [0.2, 0.25) is 0 Å². The van der Waals surface area contributed by atoms with Crippen LogP contribution in [0.3, 0.4) is 0 Å². The smallest absolute Gasteiger partial charge is 0.340 e. The van der Waals surface area contributed by atoms with Crippen LogP contribution in [0.15, 0.2) is 36.4 Å². The highest BCUT2D eigenvalue weighted by Gasteiger charge is 2.22. The molecule has 0 saturated heterocycles. The van der Waals surface area contributed by atoms with E-state index in [2.05, 4.69) is 4.72 Å². The molecule has 0 spiro atoms. The fourth-order valence-corrected chi connectivity index (χ4v) is 3.24. The van der Waals surface area contributed by atoms with Gasteiger partial charge in [0.05, 0.1) is 29.0 Å². The molecule has 11 heteroatoms. The van der Waals surface area contributed by atoms with Crippen LogP contribution >= 0.6 is 0 Å². The van der Waals surface area contributed by atoms with Crippen molar-refractivity contribution in [2.45, 2.75) is 13.2 Å². The number of benzene rings is 2. The van der Waals surface area contributed by atoms with Gasteiger partial charge in [0.15, 0.2) is 6.79 Å². The highest BCUT2D eigenvalue weighted by Crippen LogP contribution is 2.33.